The van der Waals surface area contributed by atoms with E-state index in [2.05, 4.69) is 27.4 Å². The summed E-state index contributed by atoms with van der Waals surface area (Å²) in [5, 5.41) is 11.0. The van der Waals surface area contributed by atoms with Crippen molar-refractivity contribution in [3.05, 3.63) is 64.5 Å². The van der Waals surface area contributed by atoms with Gasteiger partial charge in [0, 0.05) is 5.69 Å². The van der Waals surface area contributed by atoms with Crippen molar-refractivity contribution in [3.8, 4) is 5.75 Å². The number of nitrogens with one attached hydrogen (secondary N) is 2. The van der Waals surface area contributed by atoms with Gasteiger partial charge in [-0.3, -0.25) is 9.78 Å². The van der Waals surface area contributed by atoms with E-state index in [1.807, 2.05) is 24.3 Å². The molecule has 0 unspecified atom stereocenters. The first-order valence-corrected chi connectivity index (χ1v) is 8.22. The number of hydrogen-bond donors (Lipinski definition) is 2. The standard InChI is InChI=1S/C18H20N4O3/c1-2-3-10-24-14-8-6-13(7-9-14)19-18-20-17(23)16(21-22-18)12-15-5-4-11-25-15/h4-9,11H,2-3,10,12H2,1H3,(H2,19,20,22,23). The summed E-state index contributed by atoms with van der Waals surface area (Å²) < 4.78 is 10.8. The molecule has 7 heteroatoms. The number of H-pyrrole nitrogens is 1. The van der Waals surface area contributed by atoms with E-state index in [4.69, 9.17) is 9.15 Å². The van der Waals surface area contributed by atoms with Gasteiger partial charge in [-0.15, -0.1) is 10.2 Å². The van der Waals surface area contributed by atoms with Gasteiger partial charge in [-0.2, -0.15) is 0 Å². The molecule has 0 saturated heterocycles. The molecule has 2 N–H and O–H groups in total. The normalized spacial score (nSPS) is 10.6. The highest BCUT2D eigenvalue weighted by Gasteiger charge is 2.08. The number of unbranched alkanes of at least 4 members (excludes halogenated alkanes) is 1. The van der Waals surface area contributed by atoms with Crippen LogP contribution in [-0.4, -0.2) is 21.8 Å². The van der Waals surface area contributed by atoms with E-state index < -0.39 is 0 Å². The highest BCUT2D eigenvalue weighted by molar-refractivity contribution is 5.54. The third kappa shape index (κ3) is 4.69. The lowest BCUT2D eigenvalue weighted by atomic mass is 10.2. The fourth-order valence-electron chi connectivity index (χ4n) is 2.22. The Morgan fingerprint density at radius 3 is 2.72 bits per heavy atom. The van der Waals surface area contributed by atoms with E-state index in [-0.39, 0.29) is 11.5 Å². The van der Waals surface area contributed by atoms with Gasteiger partial charge in [0.1, 0.15) is 17.2 Å². The lowest BCUT2D eigenvalue weighted by Crippen LogP contribution is -2.18. The van der Waals surface area contributed by atoms with Gasteiger partial charge in [0.2, 0.25) is 5.95 Å². The lowest BCUT2D eigenvalue weighted by molar-refractivity contribution is 0.309. The van der Waals surface area contributed by atoms with Crippen molar-refractivity contribution in [3.63, 3.8) is 0 Å². The first-order valence-electron chi connectivity index (χ1n) is 8.22. The maximum atomic E-state index is 12.1. The number of aromatic nitrogens is 3. The average molecular weight is 340 g/mol. The smallest absolute Gasteiger partial charge is 0.274 e. The van der Waals surface area contributed by atoms with Crippen LogP contribution in [0.25, 0.3) is 0 Å². The van der Waals surface area contributed by atoms with Gasteiger partial charge >= 0.3 is 0 Å². The van der Waals surface area contributed by atoms with Gasteiger partial charge in [-0.25, -0.2) is 0 Å². The predicted octanol–water partition coefficient (Wildman–Crippen LogP) is 3.27. The molecular formula is C18H20N4O3. The molecular weight excluding hydrogens is 320 g/mol. The Balaban J connectivity index is 1.62. The molecule has 0 aliphatic heterocycles. The van der Waals surface area contributed by atoms with Crippen molar-refractivity contribution in [2.45, 2.75) is 26.2 Å². The fourth-order valence-corrected chi connectivity index (χ4v) is 2.22. The number of furan rings is 1. The molecule has 130 valence electrons. The minimum absolute atomic E-state index is 0.285. The van der Waals surface area contributed by atoms with E-state index in [1.165, 1.54) is 0 Å². The van der Waals surface area contributed by atoms with Gasteiger partial charge in [-0.1, -0.05) is 13.3 Å². The zero-order valence-electron chi connectivity index (χ0n) is 14.0. The summed E-state index contributed by atoms with van der Waals surface area (Å²) in [4.78, 5) is 14.8. The topological polar surface area (TPSA) is 93.0 Å². The zero-order chi connectivity index (χ0) is 17.5. The molecule has 0 atom stereocenters. The summed E-state index contributed by atoms with van der Waals surface area (Å²) >= 11 is 0. The third-order valence-corrected chi connectivity index (χ3v) is 3.57. The molecule has 2 aromatic heterocycles. The quantitative estimate of drug-likeness (QED) is 0.611. The summed E-state index contributed by atoms with van der Waals surface area (Å²) in [5.74, 6) is 1.76. The van der Waals surface area contributed by atoms with E-state index >= 15 is 0 Å². The van der Waals surface area contributed by atoms with Crippen molar-refractivity contribution in [1.82, 2.24) is 15.2 Å². The molecule has 0 radical (unpaired) electrons. The molecule has 3 aromatic rings. The third-order valence-electron chi connectivity index (χ3n) is 3.57. The van der Waals surface area contributed by atoms with Gasteiger partial charge in [-0.05, 0) is 42.8 Å². The number of hydrogen-bond acceptors (Lipinski definition) is 6. The SMILES string of the molecule is CCCCOc1ccc(Nc2nnc(Cc3ccco3)c(=O)[nH]2)cc1. The van der Waals surface area contributed by atoms with E-state index in [9.17, 15) is 4.79 Å². The summed E-state index contributed by atoms with van der Waals surface area (Å²) in [6.45, 7) is 2.83. The van der Waals surface area contributed by atoms with Gasteiger partial charge < -0.3 is 14.5 Å². The Morgan fingerprint density at radius 1 is 1.20 bits per heavy atom. The largest absolute Gasteiger partial charge is 0.494 e. The number of ether oxygens (including phenoxy) is 1. The molecule has 0 amide bonds. The van der Waals surface area contributed by atoms with Crippen LogP contribution >= 0.6 is 0 Å². The molecule has 1 aromatic carbocycles. The van der Waals surface area contributed by atoms with Crippen LogP contribution in [0.3, 0.4) is 0 Å². The Labute approximate surface area is 145 Å². The van der Waals surface area contributed by atoms with Crippen LogP contribution in [0.4, 0.5) is 11.6 Å². The van der Waals surface area contributed by atoms with Crippen LogP contribution in [-0.2, 0) is 6.42 Å². The second kappa shape index (κ2) is 8.14. The number of anilines is 2. The molecule has 0 saturated carbocycles. The Bertz CT molecular complexity index is 842. The molecule has 7 nitrogen and oxygen atoms in total. The summed E-state index contributed by atoms with van der Waals surface area (Å²) in [6, 6.07) is 11.0. The van der Waals surface area contributed by atoms with Crippen LogP contribution in [0, 0.1) is 0 Å². The van der Waals surface area contributed by atoms with E-state index in [0.717, 1.165) is 24.3 Å². The minimum atomic E-state index is -0.298. The van der Waals surface area contributed by atoms with Gasteiger partial charge in [0.15, 0.2) is 0 Å². The maximum Gasteiger partial charge on any atom is 0.274 e. The molecule has 25 heavy (non-hydrogen) atoms. The average Bonchev–Trinajstić information content (AvgIpc) is 3.12. The van der Waals surface area contributed by atoms with Crippen LogP contribution in [0.1, 0.15) is 31.2 Å². The first-order chi connectivity index (χ1) is 12.2. The first kappa shape index (κ1) is 16.8. The van der Waals surface area contributed by atoms with Crippen LogP contribution < -0.4 is 15.6 Å². The zero-order valence-corrected chi connectivity index (χ0v) is 14.0. The minimum Gasteiger partial charge on any atom is -0.494 e. The fraction of sp³-hybridized carbons (Fsp3) is 0.278. The summed E-state index contributed by atoms with van der Waals surface area (Å²) in [7, 11) is 0. The second-order valence-electron chi connectivity index (χ2n) is 5.56. The molecule has 3 rings (SSSR count). The van der Waals surface area contributed by atoms with Crippen molar-refractivity contribution >= 4 is 11.6 Å². The van der Waals surface area contributed by atoms with E-state index in [1.54, 1.807) is 18.4 Å². The monoisotopic (exact) mass is 340 g/mol. The van der Waals surface area contributed by atoms with Crippen molar-refractivity contribution in [2.75, 3.05) is 11.9 Å². The van der Waals surface area contributed by atoms with Crippen molar-refractivity contribution < 1.29 is 9.15 Å². The molecule has 0 fully saturated rings. The van der Waals surface area contributed by atoms with Crippen molar-refractivity contribution in [2.24, 2.45) is 0 Å². The Kier molecular flexibility index (Phi) is 5.46. The number of benzene rings is 1. The Morgan fingerprint density at radius 2 is 2.04 bits per heavy atom. The summed E-state index contributed by atoms with van der Waals surface area (Å²) in [6.07, 6.45) is 3.99. The van der Waals surface area contributed by atoms with Crippen LogP contribution in [0.2, 0.25) is 0 Å². The van der Waals surface area contributed by atoms with Gasteiger partial charge in [0.25, 0.3) is 5.56 Å². The molecule has 0 aliphatic rings. The summed E-state index contributed by atoms with van der Waals surface area (Å²) in [5.41, 5.74) is 0.792. The Hall–Kier alpha value is -3.09. The number of nitrogens with zero attached hydrogens (tertiary/aromatic N) is 2. The van der Waals surface area contributed by atoms with E-state index in [0.29, 0.717) is 24.5 Å². The molecule has 2 heterocycles. The molecule has 0 spiro atoms. The number of rotatable bonds is 8. The van der Waals surface area contributed by atoms with Crippen molar-refractivity contribution in [1.29, 1.82) is 0 Å². The highest BCUT2D eigenvalue weighted by atomic mass is 16.5. The molecule has 0 bridgehead atoms. The predicted molar refractivity (Wildman–Crippen MR) is 94.3 cm³/mol. The van der Waals surface area contributed by atoms with Crippen LogP contribution in [0.5, 0.6) is 5.75 Å². The molecule has 0 aliphatic carbocycles. The number of aromatic amines is 1. The maximum absolute atomic E-state index is 12.1. The van der Waals surface area contributed by atoms with Gasteiger partial charge in [0.05, 0.1) is 19.3 Å². The highest BCUT2D eigenvalue weighted by Crippen LogP contribution is 2.18. The second-order valence-corrected chi connectivity index (χ2v) is 5.56. The van der Waals surface area contributed by atoms with Crippen LogP contribution in [0.15, 0.2) is 51.9 Å². The lowest BCUT2D eigenvalue weighted by Gasteiger charge is -2.08.